The Hall–Kier alpha value is -2.92. The van der Waals surface area contributed by atoms with Crippen LogP contribution >= 0.6 is 0 Å². The van der Waals surface area contributed by atoms with E-state index in [-0.39, 0.29) is 5.82 Å². The van der Waals surface area contributed by atoms with Gasteiger partial charge in [0.25, 0.3) is 0 Å². The normalized spacial score (nSPS) is 18.8. The van der Waals surface area contributed by atoms with Crippen molar-refractivity contribution in [2.75, 3.05) is 14.2 Å². The summed E-state index contributed by atoms with van der Waals surface area (Å²) >= 11 is 0. The minimum absolute atomic E-state index is 0.242. The Balaban J connectivity index is 1.78. The number of benzene rings is 2. The molecule has 0 bridgehead atoms. The predicted octanol–water partition coefficient (Wildman–Crippen LogP) is 4.49. The summed E-state index contributed by atoms with van der Waals surface area (Å²) in [5.41, 5.74) is 2.84. The summed E-state index contributed by atoms with van der Waals surface area (Å²) in [5.74, 6) is 1.51. The molecule has 0 N–H and O–H groups in total. The molecule has 4 nitrogen and oxygen atoms in total. The highest BCUT2D eigenvalue weighted by Gasteiger charge is 2.34. The number of fused-ring (bicyclic) bond motifs is 1. The number of hydrogen-bond donors (Lipinski definition) is 0. The summed E-state index contributed by atoms with van der Waals surface area (Å²) in [6.45, 7) is 0.771. The minimum atomic E-state index is -0.242. The summed E-state index contributed by atoms with van der Waals surface area (Å²) < 4.78 is 21.0. The topological polar surface area (TPSA) is 27.1 Å². The maximum Gasteiger partial charge on any atom is 0.319 e. The first-order valence-corrected chi connectivity index (χ1v) is 8.12. The van der Waals surface area contributed by atoms with Crippen LogP contribution in [0.15, 0.2) is 67.0 Å². The molecule has 0 spiro atoms. The fourth-order valence-corrected chi connectivity index (χ4v) is 3.20. The van der Waals surface area contributed by atoms with Crippen LogP contribution in [-0.2, 0) is 6.54 Å². The fraction of sp³-hybridized carbons (Fsp3) is 0.150. The highest BCUT2D eigenvalue weighted by molar-refractivity contribution is 5.64. The monoisotopic (exact) mass is 336 g/mol. The van der Waals surface area contributed by atoms with Gasteiger partial charge in [0, 0.05) is 23.9 Å². The summed E-state index contributed by atoms with van der Waals surface area (Å²) in [5, 5.41) is 0. The Labute approximate surface area is 146 Å². The molecule has 1 atom stereocenters. The first-order valence-electron chi connectivity index (χ1n) is 8.12. The van der Waals surface area contributed by atoms with E-state index in [1.54, 1.807) is 19.2 Å². The van der Waals surface area contributed by atoms with Crippen LogP contribution in [0.1, 0.15) is 0 Å². The molecule has 0 saturated heterocycles. The second-order valence-corrected chi connectivity index (χ2v) is 6.24. The standard InChI is InChI=1S/C20H19FN3O/c1-24(17-8-10-18(25-2)11-9-17)13-3-12-23-14-19(22-20(23)24)15-4-6-16(21)7-5-15/h3-11,13-14H,12H2,1-2H3/q+1. The van der Waals surface area contributed by atoms with Crippen molar-refractivity contribution in [2.45, 2.75) is 6.54 Å². The molecule has 1 aliphatic heterocycles. The second-order valence-electron chi connectivity index (χ2n) is 6.24. The van der Waals surface area contributed by atoms with Gasteiger partial charge in [0.05, 0.1) is 26.4 Å². The van der Waals surface area contributed by atoms with Gasteiger partial charge in [-0.2, -0.15) is 4.98 Å². The van der Waals surface area contributed by atoms with Crippen LogP contribution in [0.4, 0.5) is 16.0 Å². The molecule has 126 valence electrons. The number of hydrogen-bond acceptors (Lipinski definition) is 2. The number of halogens is 1. The first kappa shape index (κ1) is 15.6. The number of ether oxygens (including phenoxy) is 1. The van der Waals surface area contributed by atoms with Crippen molar-refractivity contribution in [1.82, 2.24) is 14.0 Å². The van der Waals surface area contributed by atoms with Crippen molar-refractivity contribution in [1.29, 1.82) is 0 Å². The summed E-state index contributed by atoms with van der Waals surface area (Å²) in [6.07, 6.45) is 6.29. The third kappa shape index (κ3) is 2.62. The van der Waals surface area contributed by atoms with Crippen LogP contribution in [0.3, 0.4) is 0 Å². The van der Waals surface area contributed by atoms with E-state index >= 15 is 0 Å². The van der Waals surface area contributed by atoms with Gasteiger partial charge in [0.15, 0.2) is 0 Å². The van der Waals surface area contributed by atoms with E-state index in [1.165, 1.54) is 12.1 Å². The Kier molecular flexibility index (Phi) is 3.66. The summed E-state index contributed by atoms with van der Waals surface area (Å²) in [7, 11) is 3.76. The summed E-state index contributed by atoms with van der Waals surface area (Å²) in [4.78, 5) is 4.85. The van der Waals surface area contributed by atoms with E-state index in [2.05, 4.69) is 23.9 Å². The molecule has 0 fully saturated rings. The lowest BCUT2D eigenvalue weighted by Gasteiger charge is -2.30. The third-order valence-electron chi connectivity index (χ3n) is 4.63. The average Bonchev–Trinajstić information content (AvgIpc) is 3.08. The molecule has 0 amide bonds. The van der Waals surface area contributed by atoms with Crippen LogP contribution in [0.2, 0.25) is 0 Å². The van der Waals surface area contributed by atoms with E-state index in [0.717, 1.165) is 35.2 Å². The lowest BCUT2D eigenvalue weighted by molar-refractivity contribution is 0.414. The zero-order valence-corrected chi connectivity index (χ0v) is 14.2. The molecule has 0 aliphatic carbocycles. The minimum Gasteiger partial charge on any atom is -0.497 e. The van der Waals surface area contributed by atoms with Crippen molar-refractivity contribution in [3.8, 4) is 17.0 Å². The Morgan fingerprint density at radius 2 is 1.80 bits per heavy atom. The maximum atomic E-state index is 13.2. The number of allylic oxidation sites excluding steroid dienone is 1. The second kappa shape index (κ2) is 5.86. The van der Waals surface area contributed by atoms with Crippen LogP contribution < -0.4 is 9.22 Å². The SMILES string of the molecule is COc1ccc([N+]2(C)C=CCn3cc(-c4ccc(F)cc4)nc32)cc1. The molecule has 1 aromatic heterocycles. The van der Waals surface area contributed by atoms with Crippen molar-refractivity contribution in [3.63, 3.8) is 0 Å². The van der Waals surface area contributed by atoms with Gasteiger partial charge < -0.3 is 4.74 Å². The smallest absolute Gasteiger partial charge is 0.319 e. The van der Waals surface area contributed by atoms with E-state index in [4.69, 9.17) is 9.72 Å². The quantitative estimate of drug-likeness (QED) is 0.659. The Morgan fingerprint density at radius 1 is 1.08 bits per heavy atom. The van der Waals surface area contributed by atoms with Gasteiger partial charge in [0.2, 0.25) is 0 Å². The van der Waals surface area contributed by atoms with Crippen LogP contribution in [0.5, 0.6) is 5.75 Å². The largest absolute Gasteiger partial charge is 0.497 e. The fourth-order valence-electron chi connectivity index (χ4n) is 3.20. The molecular weight excluding hydrogens is 317 g/mol. The molecule has 4 rings (SSSR count). The van der Waals surface area contributed by atoms with Crippen molar-refractivity contribution < 1.29 is 9.13 Å². The van der Waals surface area contributed by atoms with Gasteiger partial charge in [-0.3, -0.25) is 4.57 Å². The van der Waals surface area contributed by atoms with Crippen LogP contribution in [-0.4, -0.2) is 23.7 Å². The van der Waals surface area contributed by atoms with Gasteiger partial charge in [-0.05, 0) is 42.5 Å². The molecule has 1 aliphatic rings. The van der Waals surface area contributed by atoms with Gasteiger partial charge in [-0.1, -0.05) is 0 Å². The molecule has 0 saturated carbocycles. The molecule has 2 aromatic carbocycles. The number of methoxy groups -OCH3 is 1. The van der Waals surface area contributed by atoms with E-state index in [9.17, 15) is 4.39 Å². The van der Waals surface area contributed by atoms with Crippen molar-refractivity contribution in [2.24, 2.45) is 0 Å². The third-order valence-corrected chi connectivity index (χ3v) is 4.63. The summed E-state index contributed by atoms with van der Waals surface area (Å²) in [6, 6.07) is 14.4. The van der Waals surface area contributed by atoms with Crippen molar-refractivity contribution >= 4 is 11.6 Å². The van der Waals surface area contributed by atoms with Crippen molar-refractivity contribution in [3.05, 3.63) is 72.8 Å². The number of quaternary nitrogens is 1. The molecule has 3 aromatic rings. The molecule has 0 radical (unpaired) electrons. The number of nitrogens with zero attached hydrogens (tertiary/aromatic N) is 3. The molecular formula is C20H19FN3O+. The highest BCUT2D eigenvalue weighted by atomic mass is 19.1. The van der Waals surface area contributed by atoms with Gasteiger partial charge in [-0.15, -0.1) is 0 Å². The van der Waals surface area contributed by atoms with Gasteiger partial charge in [-0.25, -0.2) is 8.87 Å². The molecule has 1 unspecified atom stereocenters. The number of rotatable bonds is 3. The van der Waals surface area contributed by atoms with E-state index < -0.39 is 0 Å². The molecule has 2 heterocycles. The lowest BCUT2D eigenvalue weighted by atomic mass is 10.2. The van der Waals surface area contributed by atoms with Gasteiger partial charge >= 0.3 is 5.95 Å². The molecule has 5 heteroatoms. The lowest BCUT2D eigenvalue weighted by Crippen LogP contribution is -2.38. The van der Waals surface area contributed by atoms with Crippen LogP contribution in [0.25, 0.3) is 11.3 Å². The first-order chi connectivity index (χ1) is 12.1. The van der Waals surface area contributed by atoms with Gasteiger partial charge in [0.1, 0.15) is 23.5 Å². The average molecular weight is 336 g/mol. The molecule has 25 heavy (non-hydrogen) atoms. The van der Waals surface area contributed by atoms with E-state index in [1.807, 2.05) is 30.5 Å². The predicted molar refractivity (Wildman–Crippen MR) is 97.1 cm³/mol. The van der Waals surface area contributed by atoms with Crippen LogP contribution in [0, 0.1) is 5.82 Å². The Morgan fingerprint density at radius 3 is 2.48 bits per heavy atom. The maximum absolute atomic E-state index is 13.2. The zero-order valence-electron chi connectivity index (χ0n) is 14.2. The number of aromatic nitrogens is 2. The highest BCUT2D eigenvalue weighted by Crippen LogP contribution is 2.37. The zero-order chi connectivity index (χ0) is 17.4. The Bertz CT molecular complexity index is 929. The number of imidazole rings is 1. The van der Waals surface area contributed by atoms with E-state index in [0.29, 0.717) is 4.48 Å².